The lowest BCUT2D eigenvalue weighted by atomic mass is 10.2. The van der Waals surface area contributed by atoms with Crippen LogP contribution in [0.4, 0.5) is 5.69 Å². The Morgan fingerprint density at radius 3 is 2.43 bits per heavy atom. The molecule has 0 spiro atoms. The molecule has 2 aromatic rings. The van der Waals surface area contributed by atoms with Crippen LogP contribution in [-0.2, 0) is 9.59 Å². The van der Waals surface area contributed by atoms with Crippen molar-refractivity contribution in [2.45, 2.75) is 13.0 Å². The van der Waals surface area contributed by atoms with Crippen LogP contribution in [-0.4, -0.2) is 55.5 Å². The molecule has 7 heteroatoms. The molecular weight excluding hydrogens is 378 g/mol. The highest BCUT2D eigenvalue weighted by atomic mass is 35.5. The molecule has 28 heavy (non-hydrogen) atoms. The second-order valence-electron chi connectivity index (χ2n) is 6.85. The fourth-order valence-corrected chi connectivity index (χ4v) is 3.40. The fourth-order valence-electron chi connectivity index (χ4n) is 3.21. The Hall–Kier alpha value is -2.57. The number of hydrogen-bond donors (Lipinski definition) is 2. The van der Waals surface area contributed by atoms with Gasteiger partial charge in [0, 0.05) is 0 Å². The van der Waals surface area contributed by atoms with Crippen LogP contribution in [0.15, 0.2) is 54.6 Å². The van der Waals surface area contributed by atoms with E-state index in [1.807, 2.05) is 47.4 Å². The zero-order valence-electron chi connectivity index (χ0n) is 15.9. The molecule has 1 fully saturated rings. The van der Waals surface area contributed by atoms with Crippen LogP contribution in [0.5, 0.6) is 5.75 Å². The summed E-state index contributed by atoms with van der Waals surface area (Å²) in [6.07, 6.45) is -0.535. The topological polar surface area (TPSA) is 63.1 Å². The SMILES string of the molecule is C[C@H](Oc1ccccc1)C(=O)N1CC[NH+](CC(=O)Nc2ccccc2Cl)CC1. The monoisotopic (exact) mass is 402 g/mol. The minimum Gasteiger partial charge on any atom is -0.481 e. The number of rotatable bonds is 6. The molecule has 2 amide bonds. The van der Waals surface area contributed by atoms with Crippen LogP contribution in [0.3, 0.4) is 0 Å². The molecule has 1 saturated heterocycles. The maximum absolute atomic E-state index is 12.6. The minimum atomic E-state index is -0.535. The van der Waals surface area contributed by atoms with Crippen LogP contribution < -0.4 is 15.0 Å². The lowest BCUT2D eigenvalue weighted by molar-refractivity contribution is -0.895. The lowest BCUT2D eigenvalue weighted by Crippen LogP contribution is -3.15. The highest BCUT2D eigenvalue weighted by molar-refractivity contribution is 6.33. The predicted molar refractivity (Wildman–Crippen MR) is 109 cm³/mol. The van der Waals surface area contributed by atoms with E-state index in [0.29, 0.717) is 36.1 Å². The number of anilines is 1. The zero-order valence-corrected chi connectivity index (χ0v) is 16.6. The van der Waals surface area contributed by atoms with Gasteiger partial charge in [-0.05, 0) is 31.2 Å². The van der Waals surface area contributed by atoms with Crippen molar-refractivity contribution in [3.8, 4) is 5.75 Å². The number of nitrogens with one attached hydrogen (secondary N) is 2. The zero-order chi connectivity index (χ0) is 19.9. The van der Waals surface area contributed by atoms with E-state index < -0.39 is 6.10 Å². The van der Waals surface area contributed by atoms with E-state index in [2.05, 4.69) is 5.32 Å². The van der Waals surface area contributed by atoms with Gasteiger partial charge in [-0.15, -0.1) is 0 Å². The average molecular weight is 403 g/mol. The van der Waals surface area contributed by atoms with Gasteiger partial charge >= 0.3 is 0 Å². The van der Waals surface area contributed by atoms with Gasteiger partial charge in [-0.3, -0.25) is 9.59 Å². The summed E-state index contributed by atoms with van der Waals surface area (Å²) in [6.45, 7) is 4.78. The molecule has 0 radical (unpaired) electrons. The molecule has 0 bridgehead atoms. The third-order valence-electron chi connectivity index (χ3n) is 4.74. The van der Waals surface area contributed by atoms with Crippen LogP contribution in [0.1, 0.15) is 6.92 Å². The highest BCUT2D eigenvalue weighted by Gasteiger charge is 2.28. The molecule has 6 nitrogen and oxygen atoms in total. The molecule has 2 aromatic carbocycles. The first-order valence-corrected chi connectivity index (χ1v) is 9.79. The largest absolute Gasteiger partial charge is 0.481 e. The van der Waals surface area contributed by atoms with Gasteiger partial charge in [0.05, 0.1) is 36.9 Å². The van der Waals surface area contributed by atoms with Gasteiger partial charge in [-0.2, -0.15) is 0 Å². The summed E-state index contributed by atoms with van der Waals surface area (Å²) >= 11 is 6.08. The molecule has 0 unspecified atom stereocenters. The summed E-state index contributed by atoms with van der Waals surface area (Å²) in [6, 6.07) is 16.5. The Morgan fingerprint density at radius 1 is 1.11 bits per heavy atom. The number of carbonyl (C=O) groups is 2. The van der Waals surface area contributed by atoms with Gasteiger partial charge in [0.1, 0.15) is 5.75 Å². The summed E-state index contributed by atoms with van der Waals surface area (Å²) in [4.78, 5) is 27.8. The number of halogens is 1. The molecule has 2 N–H and O–H groups in total. The fraction of sp³-hybridized carbons (Fsp3) is 0.333. The predicted octanol–water partition coefficient (Wildman–Crippen LogP) is 1.47. The van der Waals surface area contributed by atoms with Crippen molar-refractivity contribution in [3.63, 3.8) is 0 Å². The number of piperazine rings is 1. The first kappa shape index (κ1) is 20.2. The minimum absolute atomic E-state index is 0.0246. The third-order valence-corrected chi connectivity index (χ3v) is 5.07. The number of ether oxygens (including phenoxy) is 1. The van der Waals surface area contributed by atoms with Crippen molar-refractivity contribution in [2.75, 3.05) is 38.0 Å². The van der Waals surface area contributed by atoms with Crippen molar-refractivity contribution in [2.24, 2.45) is 0 Å². The van der Waals surface area contributed by atoms with E-state index in [1.54, 1.807) is 19.1 Å². The van der Waals surface area contributed by atoms with Gasteiger partial charge in [0.15, 0.2) is 12.6 Å². The van der Waals surface area contributed by atoms with Gasteiger partial charge in [0.2, 0.25) is 0 Å². The first-order chi connectivity index (χ1) is 13.5. The number of carbonyl (C=O) groups excluding carboxylic acids is 2. The van der Waals surface area contributed by atoms with E-state index >= 15 is 0 Å². The number of para-hydroxylation sites is 2. The summed E-state index contributed by atoms with van der Waals surface area (Å²) < 4.78 is 5.72. The van der Waals surface area contributed by atoms with Crippen molar-refractivity contribution < 1.29 is 19.2 Å². The van der Waals surface area contributed by atoms with E-state index in [-0.39, 0.29) is 11.8 Å². The number of quaternary nitrogens is 1. The second-order valence-corrected chi connectivity index (χ2v) is 7.26. The molecule has 0 aliphatic carbocycles. The van der Waals surface area contributed by atoms with Crippen LogP contribution in [0.2, 0.25) is 5.02 Å². The Bertz CT molecular complexity index is 808. The van der Waals surface area contributed by atoms with Crippen LogP contribution in [0.25, 0.3) is 0 Å². The Morgan fingerprint density at radius 2 is 1.75 bits per heavy atom. The van der Waals surface area contributed by atoms with Gasteiger partial charge < -0.3 is 19.9 Å². The summed E-state index contributed by atoms with van der Waals surface area (Å²) in [5.74, 6) is 0.580. The molecule has 3 rings (SSSR count). The molecular formula is C21H25ClN3O3+. The molecule has 148 valence electrons. The number of amides is 2. The molecule has 1 heterocycles. The van der Waals surface area contributed by atoms with Gasteiger partial charge in [-0.25, -0.2) is 0 Å². The van der Waals surface area contributed by atoms with Crippen molar-refractivity contribution in [3.05, 3.63) is 59.6 Å². The summed E-state index contributed by atoms with van der Waals surface area (Å²) in [5, 5.41) is 3.37. The molecule has 1 atom stereocenters. The maximum Gasteiger partial charge on any atom is 0.279 e. The van der Waals surface area contributed by atoms with E-state index in [4.69, 9.17) is 16.3 Å². The van der Waals surface area contributed by atoms with E-state index in [0.717, 1.165) is 18.0 Å². The molecule has 1 aliphatic rings. The maximum atomic E-state index is 12.6. The van der Waals surface area contributed by atoms with Gasteiger partial charge in [-0.1, -0.05) is 41.9 Å². The summed E-state index contributed by atoms with van der Waals surface area (Å²) in [5.41, 5.74) is 0.620. The molecule has 1 aliphatic heterocycles. The quantitative estimate of drug-likeness (QED) is 0.769. The molecule has 0 aromatic heterocycles. The Balaban J connectivity index is 1.44. The van der Waals surface area contributed by atoms with Crippen molar-refractivity contribution in [1.82, 2.24) is 4.90 Å². The Kier molecular flexibility index (Phi) is 6.90. The highest BCUT2D eigenvalue weighted by Crippen LogP contribution is 2.20. The van der Waals surface area contributed by atoms with E-state index in [9.17, 15) is 9.59 Å². The second kappa shape index (κ2) is 9.57. The van der Waals surface area contributed by atoms with E-state index in [1.165, 1.54) is 0 Å². The lowest BCUT2D eigenvalue weighted by Gasteiger charge is -2.33. The number of benzene rings is 2. The van der Waals surface area contributed by atoms with Gasteiger partial charge in [0.25, 0.3) is 11.8 Å². The third kappa shape index (κ3) is 5.47. The smallest absolute Gasteiger partial charge is 0.279 e. The van der Waals surface area contributed by atoms with Crippen molar-refractivity contribution >= 4 is 29.1 Å². The van der Waals surface area contributed by atoms with Crippen LogP contribution >= 0.6 is 11.6 Å². The molecule has 0 saturated carbocycles. The van der Waals surface area contributed by atoms with Crippen molar-refractivity contribution in [1.29, 1.82) is 0 Å². The number of nitrogens with zero attached hydrogens (tertiary/aromatic N) is 1. The standard InChI is InChI=1S/C21H24ClN3O3/c1-16(28-17-7-3-2-4-8-17)21(27)25-13-11-24(12-14-25)15-20(26)23-19-10-6-5-9-18(19)22/h2-10,16H,11-15H2,1H3,(H,23,26)/p+1/t16-/m0/s1. The number of hydrogen-bond acceptors (Lipinski definition) is 3. The van der Waals surface area contributed by atoms with Crippen LogP contribution in [0, 0.1) is 0 Å². The first-order valence-electron chi connectivity index (χ1n) is 9.41. The normalized spacial score (nSPS) is 15.7. The average Bonchev–Trinajstić information content (AvgIpc) is 2.70. The Labute approximate surface area is 170 Å². The summed E-state index contributed by atoms with van der Waals surface area (Å²) in [7, 11) is 0.